The molecule has 2 aromatic carbocycles. The summed E-state index contributed by atoms with van der Waals surface area (Å²) in [5.74, 6) is -1.53. The van der Waals surface area contributed by atoms with Crippen molar-refractivity contribution < 1.29 is 24.2 Å². The fourth-order valence-electron chi connectivity index (χ4n) is 4.13. The number of hydrogen-bond donors (Lipinski definition) is 2. The molecule has 0 saturated carbocycles. The van der Waals surface area contributed by atoms with Gasteiger partial charge < -0.3 is 20.1 Å². The Labute approximate surface area is 201 Å². The predicted molar refractivity (Wildman–Crippen MR) is 128 cm³/mol. The molecule has 0 spiro atoms. The Bertz CT molecular complexity index is 1190. The number of carboxylic acids is 1. The summed E-state index contributed by atoms with van der Waals surface area (Å²) in [4.78, 5) is 41.7. The molecule has 1 aliphatic carbocycles. The molecule has 0 saturated heterocycles. The molecular formula is C25H25N3O5S. The lowest BCUT2D eigenvalue weighted by Gasteiger charge is -2.14. The van der Waals surface area contributed by atoms with Gasteiger partial charge in [0, 0.05) is 30.8 Å². The van der Waals surface area contributed by atoms with E-state index in [1.165, 1.54) is 29.5 Å². The van der Waals surface area contributed by atoms with Crippen LogP contribution in [0, 0.1) is 6.92 Å². The highest BCUT2D eigenvalue weighted by Gasteiger charge is 2.29. The SMILES string of the molecule is Cc1sc(CCNC(=O)OCC2c3ccccc3-c3ccccc32)nc1C(=O)N(C)CC(=O)O. The van der Waals surface area contributed by atoms with E-state index in [1.54, 1.807) is 6.92 Å². The highest BCUT2D eigenvalue weighted by molar-refractivity contribution is 7.11. The first kappa shape index (κ1) is 23.4. The number of carbonyl (C=O) groups excluding carboxylic acids is 2. The van der Waals surface area contributed by atoms with Gasteiger partial charge in [-0.2, -0.15) is 0 Å². The first-order valence-corrected chi connectivity index (χ1v) is 11.7. The smallest absolute Gasteiger partial charge is 0.407 e. The van der Waals surface area contributed by atoms with E-state index in [4.69, 9.17) is 9.84 Å². The number of nitrogens with one attached hydrogen (secondary N) is 1. The minimum atomic E-state index is -1.09. The number of amides is 2. The lowest BCUT2D eigenvalue weighted by Crippen LogP contribution is -2.32. The molecule has 34 heavy (non-hydrogen) atoms. The summed E-state index contributed by atoms with van der Waals surface area (Å²) in [7, 11) is 1.42. The number of alkyl carbamates (subject to hydrolysis) is 1. The third kappa shape index (κ3) is 4.94. The molecule has 1 aliphatic rings. The van der Waals surface area contributed by atoms with Crippen LogP contribution in [0.25, 0.3) is 11.1 Å². The van der Waals surface area contributed by atoms with Crippen molar-refractivity contribution in [2.45, 2.75) is 19.3 Å². The molecule has 2 amide bonds. The Morgan fingerprint density at radius 1 is 1.09 bits per heavy atom. The number of carboxylic acid groups (broad SMARTS) is 1. The van der Waals surface area contributed by atoms with Crippen LogP contribution in [0.4, 0.5) is 4.79 Å². The second-order valence-electron chi connectivity index (χ2n) is 8.07. The van der Waals surface area contributed by atoms with E-state index in [-0.39, 0.29) is 18.2 Å². The number of ether oxygens (including phenoxy) is 1. The van der Waals surface area contributed by atoms with E-state index in [0.717, 1.165) is 16.0 Å². The first-order chi connectivity index (χ1) is 16.3. The van der Waals surface area contributed by atoms with Gasteiger partial charge in [0.25, 0.3) is 5.91 Å². The van der Waals surface area contributed by atoms with Crippen molar-refractivity contribution in [3.63, 3.8) is 0 Å². The van der Waals surface area contributed by atoms with Gasteiger partial charge in [0.05, 0.1) is 5.01 Å². The highest BCUT2D eigenvalue weighted by Crippen LogP contribution is 2.44. The normalized spacial score (nSPS) is 12.1. The van der Waals surface area contributed by atoms with Crippen LogP contribution < -0.4 is 5.32 Å². The molecule has 176 valence electrons. The van der Waals surface area contributed by atoms with Crippen molar-refractivity contribution in [1.82, 2.24) is 15.2 Å². The standard InChI is InChI=1S/C25H25N3O5S/c1-15-23(24(31)28(2)13-22(29)30)27-21(34-15)11-12-26-25(32)33-14-20-18-9-5-3-7-16(18)17-8-4-6-10-19(17)20/h3-10,20H,11-14H2,1-2H3,(H,26,32)(H,29,30). The minimum Gasteiger partial charge on any atom is -0.480 e. The number of nitrogens with zero attached hydrogens (tertiary/aromatic N) is 2. The van der Waals surface area contributed by atoms with Crippen LogP contribution in [0.3, 0.4) is 0 Å². The van der Waals surface area contributed by atoms with Gasteiger partial charge in [-0.1, -0.05) is 48.5 Å². The largest absolute Gasteiger partial charge is 0.480 e. The van der Waals surface area contributed by atoms with Crippen molar-refractivity contribution in [3.8, 4) is 11.1 Å². The predicted octanol–water partition coefficient (Wildman–Crippen LogP) is 3.69. The summed E-state index contributed by atoms with van der Waals surface area (Å²) in [6.07, 6.45) is -0.0707. The number of carbonyl (C=O) groups is 3. The van der Waals surface area contributed by atoms with E-state index in [1.807, 2.05) is 24.3 Å². The molecule has 1 aromatic heterocycles. The van der Waals surface area contributed by atoms with E-state index in [0.29, 0.717) is 22.9 Å². The Morgan fingerprint density at radius 2 is 1.71 bits per heavy atom. The van der Waals surface area contributed by atoms with E-state index < -0.39 is 24.5 Å². The molecule has 1 heterocycles. The Hall–Kier alpha value is -3.72. The van der Waals surface area contributed by atoms with E-state index in [9.17, 15) is 14.4 Å². The molecule has 2 N–H and O–H groups in total. The van der Waals surface area contributed by atoms with Gasteiger partial charge in [-0.3, -0.25) is 9.59 Å². The van der Waals surface area contributed by atoms with Crippen molar-refractivity contribution >= 4 is 29.3 Å². The second kappa shape index (κ2) is 10.0. The summed E-state index contributed by atoms with van der Waals surface area (Å²) in [6, 6.07) is 16.3. The number of rotatable bonds is 8. The zero-order valence-corrected chi connectivity index (χ0v) is 19.7. The molecule has 4 rings (SSSR count). The van der Waals surface area contributed by atoms with Crippen LogP contribution in [-0.4, -0.2) is 59.7 Å². The summed E-state index contributed by atoms with van der Waals surface area (Å²) in [5, 5.41) is 12.3. The average molecular weight is 480 g/mol. The summed E-state index contributed by atoms with van der Waals surface area (Å²) >= 11 is 1.35. The van der Waals surface area contributed by atoms with Crippen molar-refractivity contribution in [3.05, 3.63) is 75.2 Å². The molecule has 9 heteroatoms. The van der Waals surface area contributed by atoms with Gasteiger partial charge in [0.1, 0.15) is 18.8 Å². The number of aliphatic carboxylic acids is 1. The maximum atomic E-state index is 12.4. The number of benzene rings is 2. The number of aryl methyl sites for hydroxylation is 1. The third-order valence-corrected chi connectivity index (χ3v) is 6.75. The summed E-state index contributed by atoms with van der Waals surface area (Å²) in [5.41, 5.74) is 4.89. The molecule has 0 radical (unpaired) electrons. The number of fused-ring (bicyclic) bond motifs is 3. The number of thiazole rings is 1. The Morgan fingerprint density at radius 3 is 2.32 bits per heavy atom. The zero-order valence-electron chi connectivity index (χ0n) is 18.9. The fourth-order valence-corrected chi connectivity index (χ4v) is 5.06. The van der Waals surface area contributed by atoms with Gasteiger partial charge in [0.2, 0.25) is 0 Å². The monoisotopic (exact) mass is 479 g/mol. The molecule has 0 fully saturated rings. The molecule has 0 atom stereocenters. The molecule has 0 bridgehead atoms. The summed E-state index contributed by atoms with van der Waals surface area (Å²) in [6.45, 7) is 1.92. The maximum Gasteiger partial charge on any atom is 0.407 e. The number of likely N-dealkylation sites (N-methyl/N-ethyl adjacent to an activating group) is 1. The van der Waals surface area contributed by atoms with Crippen LogP contribution in [0.15, 0.2) is 48.5 Å². The molecule has 8 nitrogen and oxygen atoms in total. The maximum absolute atomic E-state index is 12.4. The van der Waals surface area contributed by atoms with Crippen LogP contribution in [-0.2, 0) is 16.0 Å². The van der Waals surface area contributed by atoms with Crippen LogP contribution in [0.1, 0.15) is 37.4 Å². The third-order valence-electron chi connectivity index (χ3n) is 5.71. The molecule has 3 aromatic rings. The molecular weight excluding hydrogens is 454 g/mol. The van der Waals surface area contributed by atoms with Gasteiger partial charge in [-0.05, 0) is 29.2 Å². The first-order valence-electron chi connectivity index (χ1n) is 10.9. The van der Waals surface area contributed by atoms with Gasteiger partial charge in [0.15, 0.2) is 0 Å². The topological polar surface area (TPSA) is 109 Å². The molecule has 0 aliphatic heterocycles. The van der Waals surface area contributed by atoms with Gasteiger partial charge in [-0.25, -0.2) is 9.78 Å². The van der Waals surface area contributed by atoms with Crippen molar-refractivity contribution in [1.29, 1.82) is 0 Å². The fraction of sp³-hybridized carbons (Fsp3) is 0.280. The highest BCUT2D eigenvalue weighted by atomic mass is 32.1. The van der Waals surface area contributed by atoms with Crippen LogP contribution in [0.2, 0.25) is 0 Å². The van der Waals surface area contributed by atoms with Gasteiger partial charge in [-0.15, -0.1) is 11.3 Å². The van der Waals surface area contributed by atoms with Gasteiger partial charge >= 0.3 is 12.1 Å². The quantitative estimate of drug-likeness (QED) is 0.510. The van der Waals surface area contributed by atoms with Crippen LogP contribution >= 0.6 is 11.3 Å². The zero-order chi connectivity index (χ0) is 24.2. The van der Waals surface area contributed by atoms with Crippen molar-refractivity contribution in [2.24, 2.45) is 0 Å². The lowest BCUT2D eigenvalue weighted by molar-refractivity contribution is -0.137. The number of aromatic nitrogens is 1. The minimum absolute atomic E-state index is 0.00359. The molecule has 0 unspecified atom stereocenters. The van der Waals surface area contributed by atoms with Crippen LogP contribution in [0.5, 0.6) is 0 Å². The van der Waals surface area contributed by atoms with E-state index >= 15 is 0 Å². The van der Waals surface area contributed by atoms with Crippen molar-refractivity contribution in [2.75, 3.05) is 26.7 Å². The Balaban J connectivity index is 1.30. The number of hydrogen-bond acceptors (Lipinski definition) is 6. The summed E-state index contributed by atoms with van der Waals surface area (Å²) < 4.78 is 5.53. The average Bonchev–Trinajstić information content (AvgIpc) is 3.34. The second-order valence-corrected chi connectivity index (χ2v) is 9.36. The Kier molecular flexibility index (Phi) is 6.93. The van der Waals surface area contributed by atoms with E-state index in [2.05, 4.69) is 34.6 Å². The lowest BCUT2D eigenvalue weighted by atomic mass is 9.98.